The Labute approximate surface area is 134 Å². The molecule has 128 valence electrons. The van der Waals surface area contributed by atoms with Gasteiger partial charge < -0.3 is 0 Å². The monoisotopic (exact) mass is 300 g/mol. The highest BCUT2D eigenvalue weighted by molar-refractivity contribution is 4.63. The lowest BCUT2D eigenvalue weighted by atomic mass is 9.90. The molecular weight excluding hydrogens is 258 g/mol. The van der Waals surface area contributed by atoms with Crippen molar-refractivity contribution in [3.8, 4) is 0 Å². The van der Waals surface area contributed by atoms with E-state index < -0.39 is 0 Å². The second kappa shape index (κ2) is 12.5. The van der Waals surface area contributed by atoms with E-state index in [1.54, 1.807) is 0 Å². The molecule has 2 atom stereocenters. The third-order valence-corrected chi connectivity index (χ3v) is 4.13. The molecular formula is C19H42NO+. The van der Waals surface area contributed by atoms with Gasteiger partial charge in [-0.1, -0.05) is 78.6 Å². The molecule has 0 heterocycles. The van der Waals surface area contributed by atoms with Crippen LogP contribution in [0.5, 0.6) is 0 Å². The van der Waals surface area contributed by atoms with Gasteiger partial charge in [0.1, 0.15) is 6.10 Å². The summed E-state index contributed by atoms with van der Waals surface area (Å²) in [6.07, 6.45) is 15.2. The summed E-state index contributed by atoms with van der Waals surface area (Å²) in [5.41, 5.74) is 0. The third kappa shape index (κ3) is 13.3. The minimum atomic E-state index is 0.438. The fraction of sp³-hybridized carbons (Fsp3) is 1.00. The molecule has 0 aliphatic carbocycles. The fourth-order valence-corrected chi connectivity index (χ4v) is 3.18. The largest absolute Gasteiger partial charge is 0.200 e. The quantitative estimate of drug-likeness (QED) is 0.218. The maximum absolute atomic E-state index is 6.16. The Morgan fingerprint density at radius 1 is 0.667 bits per heavy atom. The van der Waals surface area contributed by atoms with Gasteiger partial charge in [0.25, 0.3) is 0 Å². The van der Waals surface area contributed by atoms with Gasteiger partial charge >= 0.3 is 0 Å². The van der Waals surface area contributed by atoms with Crippen LogP contribution < -0.4 is 0 Å². The third-order valence-electron chi connectivity index (χ3n) is 4.13. The van der Waals surface area contributed by atoms with Crippen LogP contribution in [0.1, 0.15) is 91.4 Å². The molecule has 2 heteroatoms. The molecule has 0 aromatic rings. The van der Waals surface area contributed by atoms with E-state index in [0.29, 0.717) is 10.8 Å². The van der Waals surface area contributed by atoms with Gasteiger partial charge in [0.15, 0.2) is 0 Å². The van der Waals surface area contributed by atoms with Gasteiger partial charge in [-0.05, 0) is 18.8 Å². The van der Waals surface area contributed by atoms with Crippen LogP contribution in [-0.2, 0) is 4.84 Å². The van der Waals surface area contributed by atoms with Crippen molar-refractivity contribution in [3.63, 3.8) is 0 Å². The van der Waals surface area contributed by atoms with Crippen molar-refractivity contribution in [1.82, 2.24) is 0 Å². The van der Waals surface area contributed by atoms with Crippen LogP contribution >= 0.6 is 0 Å². The number of rotatable bonds is 14. The van der Waals surface area contributed by atoms with Crippen molar-refractivity contribution in [2.45, 2.75) is 97.5 Å². The van der Waals surface area contributed by atoms with E-state index in [1.165, 1.54) is 70.6 Å². The Hall–Kier alpha value is -0.0800. The average Bonchev–Trinajstić information content (AvgIpc) is 2.37. The van der Waals surface area contributed by atoms with E-state index in [0.717, 1.165) is 5.92 Å². The fourth-order valence-electron chi connectivity index (χ4n) is 3.18. The van der Waals surface area contributed by atoms with Crippen LogP contribution in [0.2, 0.25) is 0 Å². The number of hydroxylamine groups is 3. The van der Waals surface area contributed by atoms with Gasteiger partial charge in [-0.3, -0.25) is 0 Å². The molecule has 0 radical (unpaired) electrons. The van der Waals surface area contributed by atoms with E-state index in [9.17, 15) is 0 Å². The molecule has 0 bridgehead atoms. The Bertz CT molecular complexity index is 222. The molecule has 0 saturated heterocycles. The standard InChI is InChI=1S/C19H42NO/c1-7-10-11-15-18(13-8-2)16-12-17-19(14-9-3)21-20(4,5)6/h18-19H,7-17H2,1-6H3/q+1. The molecule has 21 heavy (non-hydrogen) atoms. The molecule has 0 amide bonds. The van der Waals surface area contributed by atoms with Crippen molar-refractivity contribution in [3.05, 3.63) is 0 Å². The highest BCUT2D eigenvalue weighted by Gasteiger charge is 2.19. The lowest BCUT2D eigenvalue weighted by molar-refractivity contribution is -1.07. The highest BCUT2D eigenvalue weighted by Crippen LogP contribution is 2.23. The van der Waals surface area contributed by atoms with Gasteiger partial charge in [-0.25, -0.2) is 4.84 Å². The zero-order valence-electron chi connectivity index (χ0n) is 15.8. The molecule has 0 aromatic heterocycles. The van der Waals surface area contributed by atoms with E-state index in [1.807, 2.05) is 0 Å². The van der Waals surface area contributed by atoms with Crippen molar-refractivity contribution in [2.24, 2.45) is 5.92 Å². The van der Waals surface area contributed by atoms with E-state index in [-0.39, 0.29) is 0 Å². The minimum absolute atomic E-state index is 0.438. The smallest absolute Gasteiger partial charge is 0.117 e. The Kier molecular flexibility index (Phi) is 12.4. The van der Waals surface area contributed by atoms with Crippen molar-refractivity contribution in [2.75, 3.05) is 21.1 Å². The van der Waals surface area contributed by atoms with Crippen molar-refractivity contribution < 1.29 is 9.48 Å². The predicted octanol–water partition coefficient (Wildman–Crippen LogP) is 5.96. The lowest BCUT2D eigenvalue weighted by Gasteiger charge is -2.27. The van der Waals surface area contributed by atoms with Crippen LogP contribution in [0, 0.1) is 5.92 Å². The number of hydrogen-bond acceptors (Lipinski definition) is 1. The Morgan fingerprint density at radius 3 is 1.81 bits per heavy atom. The van der Waals surface area contributed by atoms with Crippen molar-refractivity contribution >= 4 is 0 Å². The van der Waals surface area contributed by atoms with Crippen LogP contribution in [0.4, 0.5) is 0 Å². The number of hydrogen-bond donors (Lipinski definition) is 0. The highest BCUT2D eigenvalue weighted by atomic mass is 16.7. The molecule has 0 aliphatic rings. The molecule has 0 spiro atoms. The Balaban J connectivity index is 4.05. The lowest BCUT2D eigenvalue weighted by Crippen LogP contribution is -2.39. The number of unbranched alkanes of at least 4 members (excludes halogenated alkanes) is 2. The molecule has 0 aliphatic heterocycles. The molecule has 2 unspecified atom stereocenters. The SMILES string of the molecule is CCCCCC(CCC)CCCC(CCC)O[N+](C)(C)C. The topological polar surface area (TPSA) is 9.23 Å². The first-order valence-corrected chi connectivity index (χ1v) is 9.42. The second-order valence-corrected chi connectivity index (χ2v) is 7.49. The molecule has 2 nitrogen and oxygen atoms in total. The zero-order valence-corrected chi connectivity index (χ0v) is 15.8. The molecule has 0 fully saturated rings. The summed E-state index contributed by atoms with van der Waals surface area (Å²) < 4.78 is 0.625. The predicted molar refractivity (Wildman–Crippen MR) is 94.2 cm³/mol. The van der Waals surface area contributed by atoms with Gasteiger partial charge in [-0.2, -0.15) is 4.65 Å². The summed E-state index contributed by atoms with van der Waals surface area (Å²) in [6.45, 7) is 6.88. The molecule has 0 rings (SSSR count). The zero-order chi connectivity index (χ0) is 16.1. The first-order valence-electron chi connectivity index (χ1n) is 9.42. The molecule has 0 N–H and O–H groups in total. The summed E-state index contributed by atoms with van der Waals surface area (Å²) in [5, 5.41) is 0. The van der Waals surface area contributed by atoms with E-state index in [4.69, 9.17) is 4.84 Å². The molecule has 0 aromatic carbocycles. The van der Waals surface area contributed by atoms with Gasteiger partial charge in [0.05, 0.1) is 21.1 Å². The van der Waals surface area contributed by atoms with Crippen molar-refractivity contribution in [1.29, 1.82) is 0 Å². The van der Waals surface area contributed by atoms with Crippen LogP contribution in [-0.4, -0.2) is 31.9 Å². The van der Waals surface area contributed by atoms with Crippen LogP contribution in [0.3, 0.4) is 0 Å². The average molecular weight is 301 g/mol. The summed E-state index contributed by atoms with van der Waals surface area (Å²) in [7, 11) is 6.36. The van der Waals surface area contributed by atoms with Crippen LogP contribution in [0.15, 0.2) is 0 Å². The second-order valence-electron chi connectivity index (χ2n) is 7.49. The first kappa shape index (κ1) is 20.9. The summed E-state index contributed by atoms with van der Waals surface area (Å²) >= 11 is 0. The summed E-state index contributed by atoms with van der Waals surface area (Å²) in [4.78, 5) is 6.16. The summed E-state index contributed by atoms with van der Waals surface area (Å²) in [5.74, 6) is 0.952. The number of nitrogens with zero attached hydrogens (tertiary/aromatic N) is 1. The number of quaternary nitrogens is 1. The maximum atomic E-state index is 6.16. The first-order chi connectivity index (χ1) is 9.92. The van der Waals surface area contributed by atoms with E-state index >= 15 is 0 Å². The van der Waals surface area contributed by atoms with Crippen LogP contribution in [0.25, 0.3) is 0 Å². The van der Waals surface area contributed by atoms with Gasteiger partial charge in [0.2, 0.25) is 0 Å². The Morgan fingerprint density at radius 2 is 1.29 bits per heavy atom. The minimum Gasteiger partial charge on any atom is -0.200 e. The maximum Gasteiger partial charge on any atom is 0.117 e. The summed E-state index contributed by atoms with van der Waals surface area (Å²) in [6, 6.07) is 0. The normalized spacial score (nSPS) is 15.1. The van der Waals surface area contributed by atoms with Gasteiger partial charge in [0, 0.05) is 0 Å². The van der Waals surface area contributed by atoms with Gasteiger partial charge in [-0.15, -0.1) is 0 Å². The molecule has 0 saturated carbocycles. The van der Waals surface area contributed by atoms with E-state index in [2.05, 4.69) is 41.9 Å².